The van der Waals surface area contributed by atoms with Crippen LogP contribution in [0.15, 0.2) is 30.5 Å². The van der Waals surface area contributed by atoms with Crippen molar-refractivity contribution in [1.29, 1.82) is 0 Å². The quantitative estimate of drug-likeness (QED) is 0.801. The van der Waals surface area contributed by atoms with Crippen LogP contribution in [0.1, 0.15) is 24.8 Å². The summed E-state index contributed by atoms with van der Waals surface area (Å²) in [5, 5.41) is 8.74. The second kappa shape index (κ2) is 6.11. The maximum absolute atomic E-state index is 4.81. The normalized spacial score (nSPS) is 15.0. The highest BCUT2D eigenvalue weighted by atomic mass is 15.3. The lowest BCUT2D eigenvalue weighted by molar-refractivity contribution is 0.575. The minimum Gasteiger partial charge on any atom is -0.356 e. The van der Waals surface area contributed by atoms with E-state index in [0.717, 1.165) is 35.6 Å². The molecule has 124 valence electrons. The molecular formula is C18H22N6. The first-order valence-electron chi connectivity index (χ1n) is 8.49. The van der Waals surface area contributed by atoms with E-state index in [0.29, 0.717) is 5.95 Å². The maximum atomic E-state index is 4.81. The predicted molar refractivity (Wildman–Crippen MR) is 96.8 cm³/mol. The standard InChI is InChI=1S/C18H22N6/c1-13-7-6-8-14(11-13)20-18-21-16-15(12-19-23(16)2)17(22-18)24-9-4-3-5-10-24/h6-8,11-12H,3-5,9-10H2,1-2H3,(H,20,21,22). The van der Waals surface area contributed by atoms with Gasteiger partial charge in [-0.3, -0.25) is 4.68 Å². The minimum absolute atomic E-state index is 0.622. The van der Waals surface area contributed by atoms with Crippen LogP contribution in [0.4, 0.5) is 17.5 Å². The van der Waals surface area contributed by atoms with Gasteiger partial charge in [0.25, 0.3) is 0 Å². The molecular weight excluding hydrogens is 300 g/mol. The van der Waals surface area contributed by atoms with Gasteiger partial charge >= 0.3 is 0 Å². The zero-order valence-electron chi connectivity index (χ0n) is 14.2. The molecule has 1 N–H and O–H groups in total. The highest BCUT2D eigenvalue weighted by Gasteiger charge is 2.19. The Morgan fingerprint density at radius 1 is 1.08 bits per heavy atom. The van der Waals surface area contributed by atoms with E-state index >= 15 is 0 Å². The molecule has 0 spiro atoms. The first-order chi connectivity index (χ1) is 11.7. The van der Waals surface area contributed by atoms with E-state index < -0.39 is 0 Å². The van der Waals surface area contributed by atoms with Crippen molar-refractivity contribution in [3.8, 4) is 0 Å². The van der Waals surface area contributed by atoms with E-state index in [4.69, 9.17) is 4.98 Å². The summed E-state index contributed by atoms with van der Waals surface area (Å²) >= 11 is 0. The van der Waals surface area contributed by atoms with Gasteiger partial charge in [-0.25, -0.2) is 0 Å². The van der Waals surface area contributed by atoms with Crippen LogP contribution < -0.4 is 10.2 Å². The average molecular weight is 322 g/mol. The smallest absolute Gasteiger partial charge is 0.231 e. The van der Waals surface area contributed by atoms with Crippen molar-refractivity contribution in [2.75, 3.05) is 23.3 Å². The Hall–Kier alpha value is -2.63. The van der Waals surface area contributed by atoms with Gasteiger partial charge in [0.05, 0.1) is 11.6 Å². The number of anilines is 3. The number of hydrogen-bond acceptors (Lipinski definition) is 5. The van der Waals surface area contributed by atoms with Crippen LogP contribution in [-0.4, -0.2) is 32.8 Å². The van der Waals surface area contributed by atoms with Gasteiger partial charge in [0.15, 0.2) is 5.65 Å². The molecule has 3 aromatic rings. The fourth-order valence-corrected chi connectivity index (χ4v) is 3.26. The van der Waals surface area contributed by atoms with Crippen LogP contribution >= 0.6 is 0 Å². The Labute approximate surface area is 141 Å². The molecule has 1 aliphatic rings. The molecule has 3 heterocycles. The van der Waals surface area contributed by atoms with Crippen LogP contribution in [0.3, 0.4) is 0 Å². The Balaban J connectivity index is 1.76. The van der Waals surface area contributed by atoms with E-state index in [2.05, 4.69) is 39.4 Å². The largest absolute Gasteiger partial charge is 0.356 e. The van der Waals surface area contributed by atoms with Gasteiger partial charge in [-0.05, 0) is 43.9 Å². The molecule has 1 aromatic carbocycles. The van der Waals surface area contributed by atoms with E-state index in [1.54, 1.807) is 0 Å². The van der Waals surface area contributed by atoms with E-state index in [-0.39, 0.29) is 0 Å². The monoisotopic (exact) mass is 322 g/mol. The van der Waals surface area contributed by atoms with Crippen molar-refractivity contribution < 1.29 is 0 Å². The number of aryl methyl sites for hydroxylation is 2. The van der Waals surface area contributed by atoms with Crippen LogP contribution in [-0.2, 0) is 7.05 Å². The predicted octanol–water partition coefficient (Wildman–Crippen LogP) is 3.41. The van der Waals surface area contributed by atoms with E-state index in [1.807, 2.05) is 30.1 Å². The number of nitrogens with one attached hydrogen (secondary N) is 1. The molecule has 0 amide bonds. The molecule has 1 fully saturated rings. The number of aromatic nitrogens is 4. The van der Waals surface area contributed by atoms with Crippen molar-refractivity contribution in [1.82, 2.24) is 19.7 Å². The van der Waals surface area contributed by atoms with Gasteiger partial charge in [0, 0.05) is 25.8 Å². The molecule has 24 heavy (non-hydrogen) atoms. The number of nitrogens with zero attached hydrogens (tertiary/aromatic N) is 5. The summed E-state index contributed by atoms with van der Waals surface area (Å²) < 4.78 is 1.81. The fourth-order valence-electron chi connectivity index (χ4n) is 3.26. The van der Waals surface area contributed by atoms with Gasteiger partial charge in [-0.1, -0.05) is 12.1 Å². The third kappa shape index (κ3) is 2.79. The van der Waals surface area contributed by atoms with Crippen molar-refractivity contribution in [2.45, 2.75) is 26.2 Å². The van der Waals surface area contributed by atoms with Crippen LogP contribution in [0.2, 0.25) is 0 Å². The Morgan fingerprint density at radius 2 is 1.92 bits per heavy atom. The summed E-state index contributed by atoms with van der Waals surface area (Å²) in [4.78, 5) is 11.8. The lowest BCUT2D eigenvalue weighted by Gasteiger charge is -2.28. The SMILES string of the molecule is Cc1cccc(Nc2nc(N3CCCCC3)c3cnn(C)c3n2)c1. The highest BCUT2D eigenvalue weighted by molar-refractivity contribution is 5.88. The van der Waals surface area contributed by atoms with Crippen molar-refractivity contribution >= 4 is 28.5 Å². The topological polar surface area (TPSA) is 58.9 Å². The summed E-state index contributed by atoms with van der Waals surface area (Å²) in [6.07, 6.45) is 5.60. The summed E-state index contributed by atoms with van der Waals surface area (Å²) in [6, 6.07) is 8.24. The molecule has 4 rings (SSSR count). The molecule has 0 aliphatic carbocycles. The Kier molecular flexibility index (Phi) is 3.80. The summed E-state index contributed by atoms with van der Waals surface area (Å²) in [5.74, 6) is 1.61. The number of hydrogen-bond donors (Lipinski definition) is 1. The number of fused-ring (bicyclic) bond motifs is 1. The van der Waals surface area contributed by atoms with Gasteiger partial charge in [-0.15, -0.1) is 0 Å². The van der Waals surface area contributed by atoms with Crippen molar-refractivity contribution in [3.63, 3.8) is 0 Å². The Bertz CT molecular complexity index is 863. The molecule has 0 unspecified atom stereocenters. The zero-order chi connectivity index (χ0) is 16.5. The van der Waals surface area contributed by atoms with Gasteiger partial charge in [0.1, 0.15) is 5.82 Å². The third-order valence-corrected chi connectivity index (χ3v) is 4.50. The lowest BCUT2D eigenvalue weighted by atomic mass is 10.1. The minimum atomic E-state index is 0.622. The maximum Gasteiger partial charge on any atom is 0.231 e. The average Bonchev–Trinajstić information content (AvgIpc) is 2.96. The number of benzene rings is 1. The molecule has 1 saturated heterocycles. The molecule has 2 aromatic heterocycles. The first kappa shape index (κ1) is 14.9. The van der Waals surface area contributed by atoms with Gasteiger partial charge in [-0.2, -0.15) is 15.1 Å². The molecule has 0 radical (unpaired) electrons. The van der Waals surface area contributed by atoms with Gasteiger partial charge < -0.3 is 10.2 Å². The number of piperidine rings is 1. The summed E-state index contributed by atoms with van der Waals surface area (Å²) in [6.45, 7) is 4.17. The Morgan fingerprint density at radius 3 is 2.71 bits per heavy atom. The van der Waals surface area contributed by atoms with E-state index in [1.165, 1.54) is 24.8 Å². The molecule has 0 saturated carbocycles. The van der Waals surface area contributed by atoms with Crippen molar-refractivity contribution in [3.05, 3.63) is 36.0 Å². The fraction of sp³-hybridized carbons (Fsp3) is 0.389. The third-order valence-electron chi connectivity index (χ3n) is 4.50. The van der Waals surface area contributed by atoms with Crippen LogP contribution in [0.25, 0.3) is 11.0 Å². The molecule has 6 heteroatoms. The molecule has 0 atom stereocenters. The summed E-state index contributed by atoms with van der Waals surface area (Å²) in [5.41, 5.74) is 3.07. The first-order valence-corrected chi connectivity index (χ1v) is 8.49. The number of rotatable bonds is 3. The van der Waals surface area contributed by atoms with Crippen LogP contribution in [0.5, 0.6) is 0 Å². The van der Waals surface area contributed by atoms with Crippen molar-refractivity contribution in [2.24, 2.45) is 7.05 Å². The zero-order valence-corrected chi connectivity index (χ0v) is 14.2. The molecule has 0 bridgehead atoms. The van der Waals surface area contributed by atoms with Crippen LogP contribution in [0, 0.1) is 6.92 Å². The van der Waals surface area contributed by atoms with E-state index in [9.17, 15) is 0 Å². The lowest BCUT2D eigenvalue weighted by Crippen LogP contribution is -2.30. The highest BCUT2D eigenvalue weighted by Crippen LogP contribution is 2.28. The second-order valence-corrected chi connectivity index (χ2v) is 6.42. The molecule has 6 nitrogen and oxygen atoms in total. The molecule has 1 aliphatic heterocycles. The second-order valence-electron chi connectivity index (χ2n) is 6.42. The van der Waals surface area contributed by atoms with Gasteiger partial charge in [0.2, 0.25) is 5.95 Å². The summed E-state index contributed by atoms with van der Waals surface area (Å²) in [7, 11) is 1.92.